The maximum Gasteiger partial charge on any atom is 0.303 e. The molecule has 1 rings (SSSR count). The zero-order valence-electron chi connectivity index (χ0n) is 18.4. The summed E-state index contributed by atoms with van der Waals surface area (Å²) < 4.78 is 0. The molecule has 0 aromatic heterocycles. The molecular formula is C25H42O3. The third kappa shape index (κ3) is 9.12. The fourth-order valence-electron chi connectivity index (χ4n) is 4.04. The topological polar surface area (TPSA) is 57.5 Å². The third-order valence-corrected chi connectivity index (χ3v) is 5.85. The maximum atomic E-state index is 11.4. The molecule has 0 saturated carbocycles. The number of hydrogen-bond acceptors (Lipinski definition) is 2. The van der Waals surface area contributed by atoms with Gasteiger partial charge in [0.2, 0.25) is 0 Å². The molecule has 0 radical (unpaired) electrons. The molecule has 0 bridgehead atoms. The van der Waals surface area contributed by atoms with E-state index in [1.165, 1.54) is 57.8 Å². The summed E-state index contributed by atoms with van der Waals surface area (Å²) in [4.78, 5) is 11.4. The molecule has 0 heterocycles. The van der Waals surface area contributed by atoms with Crippen molar-refractivity contribution >= 4 is 5.97 Å². The summed E-state index contributed by atoms with van der Waals surface area (Å²) in [5.41, 5.74) is 2.96. The van der Waals surface area contributed by atoms with E-state index in [-0.39, 0.29) is 12.3 Å². The van der Waals surface area contributed by atoms with Crippen molar-refractivity contribution in [3.8, 4) is 5.75 Å². The van der Waals surface area contributed by atoms with Gasteiger partial charge in [0.1, 0.15) is 5.75 Å². The van der Waals surface area contributed by atoms with Gasteiger partial charge in [-0.3, -0.25) is 4.79 Å². The molecule has 1 aromatic carbocycles. The minimum absolute atomic E-state index is 0.0442. The Morgan fingerprint density at radius 3 is 1.71 bits per heavy atom. The lowest BCUT2D eigenvalue weighted by Crippen LogP contribution is -2.08. The maximum absolute atomic E-state index is 11.4. The molecule has 0 spiro atoms. The molecule has 1 aromatic rings. The van der Waals surface area contributed by atoms with Crippen LogP contribution in [0.3, 0.4) is 0 Å². The Hall–Kier alpha value is -1.51. The van der Waals surface area contributed by atoms with Gasteiger partial charge in [0, 0.05) is 0 Å². The Kier molecular flexibility index (Phi) is 12.7. The van der Waals surface area contributed by atoms with Crippen LogP contribution in [0.2, 0.25) is 0 Å². The fraction of sp³-hybridized carbons (Fsp3) is 0.720. The third-order valence-electron chi connectivity index (χ3n) is 5.85. The highest BCUT2D eigenvalue weighted by Crippen LogP contribution is 2.33. The van der Waals surface area contributed by atoms with Gasteiger partial charge in [-0.1, -0.05) is 97.1 Å². The molecular weight excluding hydrogens is 348 g/mol. The van der Waals surface area contributed by atoms with Crippen LogP contribution in [0, 0.1) is 0 Å². The lowest BCUT2D eigenvalue weighted by atomic mass is 9.87. The van der Waals surface area contributed by atoms with Crippen LogP contribution in [-0.2, 0) is 17.6 Å². The number of carbonyl (C=O) groups is 1. The number of aliphatic carboxylic acids is 1. The summed E-state index contributed by atoms with van der Waals surface area (Å²) in [6.45, 7) is 6.32. The molecule has 160 valence electrons. The summed E-state index contributed by atoms with van der Waals surface area (Å²) in [6, 6.07) is 4.05. The molecule has 28 heavy (non-hydrogen) atoms. The number of phenols is 1. The average Bonchev–Trinajstić information content (AvgIpc) is 2.68. The highest BCUT2D eigenvalue weighted by molar-refractivity contribution is 5.68. The molecule has 0 fully saturated rings. The van der Waals surface area contributed by atoms with E-state index < -0.39 is 5.97 Å². The van der Waals surface area contributed by atoms with Gasteiger partial charge >= 0.3 is 5.97 Å². The van der Waals surface area contributed by atoms with Crippen LogP contribution >= 0.6 is 0 Å². The molecule has 0 saturated heterocycles. The second kappa shape index (κ2) is 14.5. The number of hydrogen-bond donors (Lipinski definition) is 2. The quantitative estimate of drug-likeness (QED) is 0.289. The number of phenolic OH excluding ortho intramolecular Hbond substituents is 1. The van der Waals surface area contributed by atoms with E-state index in [1.807, 2.05) is 26.0 Å². The van der Waals surface area contributed by atoms with Gasteiger partial charge in [0.15, 0.2) is 0 Å². The summed E-state index contributed by atoms with van der Waals surface area (Å²) in [6.07, 6.45) is 15.5. The van der Waals surface area contributed by atoms with E-state index >= 15 is 0 Å². The fourth-order valence-corrected chi connectivity index (χ4v) is 4.04. The summed E-state index contributed by atoms with van der Waals surface area (Å²) in [5, 5.41) is 19.7. The Balaban J connectivity index is 2.51. The van der Waals surface area contributed by atoms with E-state index in [4.69, 9.17) is 0 Å². The number of aryl methyl sites for hydroxylation is 2. The summed E-state index contributed by atoms with van der Waals surface area (Å²) >= 11 is 0. The van der Waals surface area contributed by atoms with Crippen LogP contribution in [0.1, 0.15) is 120 Å². The van der Waals surface area contributed by atoms with E-state index in [2.05, 4.69) is 6.92 Å². The molecule has 0 amide bonds. The first-order valence-electron chi connectivity index (χ1n) is 11.6. The molecule has 1 atom stereocenters. The minimum Gasteiger partial charge on any atom is -0.507 e. The minimum atomic E-state index is -0.735. The first kappa shape index (κ1) is 24.5. The molecule has 0 aliphatic carbocycles. The monoisotopic (exact) mass is 390 g/mol. The van der Waals surface area contributed by atoms with Crippen LogP contribution in [0.25, 0.3) is 0 Å². The SMILES string of the molecule is CCCCCCCCCCCCC(CC(=O)O)c1cc(CC)c(O)c(CC)c1. The average molecular weight is 391 g/mol. The first-order valence-corrected chi connectivity index (χ1v) is 11.6. The predicted molar refractivity (Wildman–Crippen MR) is 118 cm³/mol. The molecule has 0 aliphatic heterocycles. The number of unbranched alkanes of at least 4 members (excludes halogenated alkanes) is 9. The lowest BCUT2D eigenvalue weighted by molar-refractivity contribution is -0.137. The molecule has 3 nitrogen and oxygen atoms in total. The number of rotatable bonds is 16. The Morgan fingerprint density at radius 1 is 0.821 bits per heavy atom. The predicted octanol–water partition coefficient (Wildman–Crippen LogP) is 7.39. The van der Waals surface area contributed by atoms with E-state index in [0.717, 1.165) is 42.4 Å². The van der Waals surface area contributed by atoms with Crippen molar-refractivity contribution in [3.05, 3.63) is 28.8 Å². The van der Waals surface area contributed by atoms with Crippen molar-refractivity contribution < 1.29 is 15.0 Å². The van der Waals surface area contributed by atoms with Crippen molar-refractivity contribution in [2.75, 3.05) is 0 Å². The Morgan fingerprint density at radius 2 is 1.29 bits per heavy atom. The van der Waals surface area contributed by atoms with Gasteiger partial charge in [0.05, 0.1) is 6.42 Å². The van der Waals surface area contributed by atoms with E-state index in [0.29, 0.717) is 5.75 Å². The van der Waals surface area contributed by atoms with Gasteiger partial charge in [-0.25, -0.2) is 0 Å². The highest BCUT2D eigenvalue weighted by Gasteiger charge is 2.18. The Bertz CT molecular complexity index is 540. The second-order valence-electron chi connectivity index (χ2n) is 8.16. The van der Waals surface area contributed by atoms with E-state index in [1.54, 1.807) is 0 Å². The number of carboxylic acids is 1. The van der Waals surface area contributed by atoms with Crippen LogP contribution in [0.15, 0.2) is 12.1 Å². The highest BCUT2D eigenvalue weighted by atomic mass is 16.4. The van der Waals surface area contributed by atoms with E-state index in [9.17, 15) is 15.0 Å². The molecule has 3 heteroatoms. The van der Waals surface area contributed by atoms with Crippen molar-refractivity contribution in [1.29, 1.82) is 0 Å². The summed E-state index contributed by atoms with van der Waals surface area (Å²) in [5.74, 6) is -0.300. The Labute approximate surface area is 172 Å². The smallest absolute Gasteiger partial charge is 0.303 e. The first-order chi connectivity index (χ1) is 13.5. The van der Waals surface area contributed by atoms with Crippen LogP contribution in [-0.4, -0.2) is 16.2 Å². The van der Waals surface area contributed by atoms with Crippen molar-refractivity contribution in [2.24, 2.45) is 0 Å². The van der Waals surface area contributed by atoms with Gasteiger partial charge < -0.3 is 10.2 Å². The lowest BCUT2D eigenvalue weighted by Gasteiger charge is -2.19. The van der Waals surface area contributed by atoms with Crippen LogP contribution < -0.4 is 0 Å². The zero-order chi connectivity index (χ0) is 20.8. The molecule has 2 N–H and O–H groups in total. The van der Waals surface area contributed by atoms with Crippen molar-refractivity contribution in [2.45, 2.75) is 117 Å². The van der Waals surface area contributed by atoms with Gasteiger partial charge in [-0.05, 0) is 41.9 Å². The van der Waals surface area contributed by atoms with Crippen molar-refractivity contribution in [1.82, 2.24) is 0 Å². The number of benzene rings is 1. The normalized spacial score (nSPS) is 12.2. The molecule has 0 aliphatic rings. The van der Waals surface area contributed by atoms with Gasteiger partial charge in [-0.2, -0.15) is 0 Å². The number of aromatic hydroxyl groups is 1. The zero-order valence-corrected chi connectivity index (χ0v) is 18.4. The van der Waals surface area contributed by atoms with Crippen LogP contribution in [0.4, 0.5) is 0 Å². The molecule has 1 unspecified atom stereocenters. The standard InChI is InChI=1S/C25H42O3/c1-4-7-8-9-10-11-12-13-14-15-16-22(19-24(26)27)23-17-20(5-2)25(28)21(6-3)18-23/h17-18,22,28H,4-16,19H2,1-3H3,(H,26,27). The van der Waals surface area contributed by atoms with Crippen molar-refractivity contribution in [3.63, 3.8) is 0 Å². The largest absolute Gasteiger partial charge is 0.507 e. The van der Waals surface area contributed by atoms with Gasteiger partial charge in [0.25, 0.3) is 0 Å². The second-order valence-corrected chi connectivity index (χ2v) is 8.16. The summed E-state index contributed by atoms with van der Waals surface area (Å²) in [7, 11) is 0. The van der Waals surface area contributed by atoms with Gasteiger partial charge in [-0.15, -0.1) is 0 Å². The number of carboxylic acid groups (broad SMARTS) is 1. The van der Waals surface area contributed by atoms with Crippen LogP contribution in [0.5, 0.6) is 5.75 Å².